The van der Waals surface area contributed by atoms with Gasteiger partial charge < -0.3 is 9.84 Å². The zero-order valence-corrected chi connectivity index (χ0v) is 15.1. The minimum atomic E-state index is -1.02. The zero-order chi connectivity index (χ0) is 21.1. The van der Waals surface area contributed by atoms with Crippen LogP contribution in [0.5, 0.6) is 11.5 Å². The van der Waals surface area contributed by atoms with E-state index in [1.807, 2.05) is 5.32 Å². The first-order valence-corrected chi connectivity index (χ1v) is 8.43. The fourth-order valence-corrected chi connectivity index (χ4v) is 2.70. The third kappa shape index (κ3) is 3.90. The molecular formula is C19H15N3O7. The summed E-state index contributed by atoms with van der Waals surface area (Å²) >= 11 is 0. The van der Waals surface area contributed by atoms with Crippen molar-refractivity contribution in [2.24, 2.45) is 0 Å². The number of rotatable bonds is 5. The average Bonchev–Trinajstić information content (AvgIpc) is 2.68. The lowest BCUT2D eigenvalue weighted by Crippen LogP contribution is -2.54. The summed E-state index contributed by atoms with van der Waals surface area (Å²) in [5, 5.41) is 22.8. The maximum absolute atomic E-state index is 12.8. The van der Waals surface area contributed by atoms with Crippen molar-refractivity contribution in [2.45, 2.75) is 6.92 Å². The van der Waals surface area contributed by atoms with Gasteiger partial charge in [-0.3, -0.25) is 25.0 Å². The van der Waals surface area contributed by atoms with Crippen LogP contribution < -0.4 is 15.0 Å². The summed E-state index contributed by atoms with van der Waals surface area (Å²) in [6, 6.07) is 8.14. The molecule has 1 aliphatic rings. The predicted octanol–water partition coefficient (Wildman–Crippen LogP) is 2.37. The Labute approximate surface area is 164 Å². The third-order valence-corrected chi connectivity index (χ3v) is 4.00. The first-order valence-electron chi connectivity index (χ1n) is 8.43. The van der Waals surface area contributed by atoms with Gasteiger partial charge in [0, 0.05) is 12.1 Å². The van der Waals surface area contributed by atoms with Crippen LogP contribution in [0.25, 0.3) is 6.08 Å². The number of aromatic hydroxyl groups is 1. The lowest BCUT2D eigenvalue weighted by Gasteiger charge is -2.26. The smallest absolute Gasteiger partial charge is 0.335 e. The second kappa shape index (κ2) is 7.80. The van der Waals surface area contributed by atoms with Crippen molar-refractivity contribution in [3.8, 4) is 11.5 Å². The van der Waals surface area contributed by atoms with Crippen molar-refractivity contribution in [1.82, 2.24) is 5.32 Å². The fraction of sp³-hybridized carbons (Fsp3) is 0.105. The highest BCUT2D eigenvalue weighted by Crippen LogP contribution is 2.29. The van der Waals surface area contributed by atoms with Crippen LogP contribution >= 0.6 is 0 Å². The molecule has 0 atom stereocenters. The number of nitrogens with zero attached hydrogens (tertiary/aromatic N) is 2. The Morgan fingerprint density at radius 3 is 2.66 bits per heavy atom. The van der Waals surface area contributed by atoms with Crippen LogP contribution in [-0.2, 0) is 9.59 Å². The Morgan fingerprint density at radius 1 is 1.21 bits per heavy atom. The van der Waals surface area contributed by atoms with Crippen molar-refractivity contribution in [2.75, 3.05) is 11.5 Å². The molecule has 0 aromatic heterocycles. The summed E-state index contributed by atoms with van der Waals surface area (Å²) in [6.07, 6.45) is 1.23. The largest absolute Gasteiger partial charge is 0.504 e. The third-order valence-electron chi connectivity index (χ3n) is 4.00. The van der Waals surface area contributed by atoms with Gasteiger partial charge in [0.2, 0.25) is 0 Å². The molecule has 4 amide bonds. The summed E-state index contributed by atoms with van der Waals surface area (Å²) in [7, 11) is 0. The van der Waals surface area contributed by atoms with E-state index in [-0.39, 0.29) is 28.4 Å². The Balaban J connectivity index is 2.01. The predicted molar refractivity (Wildman–Crippen MR) is 101 cm³/mol. The van der Waals surface area contributed by atoms with Gasteiger partial charge in [0.25, 0.3) is 17.5 Å². The van der Waals surface area contributed by atoms with Crippen LogP contribution in [0.2, 0.25) is 0 Å². The highest BCUT2D eigenvalue weighted by Gasteiger charge is 2.37. The fourth-order valence-electron chi connectivity index (χ4n) is 2.70. The number of anilines is 1. The quantitative estimate of drug-likeness (QED) is 0.342. The lowest BCUT2D eigenvalue weighted by atomic mass is 10.1. The molecule has 2 N–H and O–H groups in total. The van der Waals surface area contributed by atoms with Gasteiger partial charge in [0.1, 0.15) is 5.57 Å². The van der Waals surface area contributed by atoms with E-state index in [1.54, 1.807) is 6.92 Å². The van der Waals surface area contributed by atoms with Crippen molar-refractivity contribution >= 4 is 35.3 Å². The number of phenolic OH excluding ortho intramolecular Hbond substituents is 1. The molecule has 2 aromatic carbocycles. The summed E-state index contributed by atoms with van der Waals surface area (Å²) in [6.45, 7) is 2.02. The lowest BCUT2D eigenvalue weighted by molar-refractivity contribution is -0.384. The summed E-state index contributed by atoms with van der Waals surface area (Å²) < 4.78 is 5.27. The van der Waals surface area contributed by atoms with Crippen LogP contribution in [0.3, 0.4) is 0 Å². The van der Waals surface area contributed by atoms with Crippen LogP contribution in [0.1, 0.15) is 12.5 Å². The molecule has 10 nitrogen and oxygen atoms in total. The zero-order valence-electron chi connectivity index (χ0n) is 15.1. The number of carbonyl (C=O) groups is 3. The van der Waals surface area contributed by atoms with Gasteiger partial charge in [-0.1, -0.05) is 12.1 Å². The van der Waals surface area contributed by atoms with Crippen LogP contribution in [-0.4, -0.2) is 34.5 Å². The Hall–Kier alpha value is -4.21. The molecule has 2 aromatic rings. The highest BCUT2D eigenvalue weighted by molar-refractivity contribution is 6.39. The first-order chi connectivity index (χ1) is 13.8. The summed E-state index contributed by atoms with van der Waals surface area (Å²) in [4.78, 5) is 48.2. The van der Waals surface area contributed by atoms with E-state index in [2.05, 4.69) is 0 Å². The first kappa shape index (κ1) is 19.5. The second-order valence-electron chi connectivity index (χ2n) is 5.89. The maximum Gasteiger partial charge on any atom is 0.335 e. The standard InChI is InChI=1S/C19H15N3O7/c1-2-29-16-9-11(6-7-15(16)23)8-14-17(24)20-19(26)21(18(14)25)12-4-3-5-13(10-12)22(27)28/h3-10,23H,2H2,1H3,(H,20,24,26)/b14-8-. The van der Waals surface area contributed by atoms with Crippen LogP contribution in [0, 0.1) is 10.1 Å². The molecule has 0 radical (unpaired) electrons. The van der Waals surface area contributed by atoms with Gasteiger partial charge in [-0.15, -0.1) is 0 Å². The number of imide groups is 2. The molecule has 10 heteroatoms. The van der Waals surface area contributed by atoms with E-state index in [4.69, 9.17) is 4.74 Å². The number of amides is 4. The molecule has 0 bridgehead atoms. The van der Waals surface area contributed by atoms with E-state index < -0.39 is 22.8 Å². The molecule has 148 valence electrons. The summed E-state index contributed by atoms with van der Waals surface area (Å²) in [5.41, 5.74) is -0.353. The number of barbiturate groups is 1. The number of ether oxygens (including phenoxy) is 1. The molecule has 0 spiro atoms. The van der Waals surface area contributed by atoms with E-state index in [1.165, 1.54) is 42.5 Å². The van der Waals surface area contributed by atoms with Crippen molar-refractivity contribution < 1.29 is 29.2 Å². The van der Waals surface area contributed by atoms with Gasteiger partial charge in [0.15, 0.2) is 11.5 Å². The van der Waals surface area contributed by atoms with Crippen LogP contribution in [0.15, 0.2) is 48.0 Å². The highest BCUT2D eigenvalue weighted by atomic mass is 16.6. The number of hydrogen-bond acceptors (Lipinski definition) is 7. The monoisotopic (exact) mass is 397 g/mol. The molecule has 1 aliphatic heterocycles. The van der Waals surface area contributed by atoms with E-state index in [0.29, 0.717) is 17.1 Å². The minimum absolute atomic E-state index is 0.0548. The second-order valence-corrected chi connectivity index (χ2v) is 5.89. The number of nitro benzene ring substituents is 1. The number of urea groups is 1. The van der Waals surface area contributed by atoms with Gasteiger partial charge in [-0.2, -0.15) is 0 Å². The summed E-state index contributed by atoms with van der Waals surface area (Å²) in [5.74, 6) is -1.79. The average molecular weight is 397 g/mol. The van der Waals surface area contributed by atoms with Crippen molar-refractivity contribution in [1.29, 1.82) is 0 Å². The SMILES string of the molecule is CCOc1cc(/C=C2/C(=O)NC(=O)N(c3cccc([N+](=O)[O-])c3)C2=O)ccc1O. The van der Waals surface area contributed by atoms with E-state index in [9.17, 15) is 29.6 Å². The van der Waals surface area contributed by atoms with Crippen molar-refractivity contribution in [3.05, 3.63) is 63.7 Å². The molecule has 1 saturated heterocycles. The van der Waals surface area contributed by atoms with Crippen LogP contribution in [0.4, 0.5) is 16.2 Å². The topological polar surface area (TPSA) is 139 Å². The number of non-ortho nitro benzene ring substituents is 1. The number of nitrogens with one attached hydrogen (secondary N) is 1. The normalized spacial score (nSPS) is 15.4. The van der Waals surface area contributed by atoms with Gasteiger partial charge in [-0.05, 0) is 36.8 Å². The maximum atomic E-state index is 12.8. The molecule has 29 heavy (non-hydrogen) atoms. The van der Waals surface area contributed by atoms with Crippen molar-refractivity contribution in [3.63, 3.8) is 0 Å². The molecule has 3 rings (SSSR count). The molecule has 0 aliphatic carbocycles. The molecule has 0 unspecified atom stereocenters. The van der Waals surface area contributed by atoms with E-state index >= 15 is 0 Å². The number of benzene rings is 2. The molecule has 0 saturated carbocycles. The molecule has 1 heterocycles. The van der Waals surface area contributed by atoms with Gasteiger partial charge in [-0.25, -0.2) is 9.69 Å². The number of nitro groups is 1. The van der Waals surface area contributed by atoms with Gasteiger partial charge in [0.05, 0.1) is 17.2 Å². The number of phenols is 1. The molecule has 1 fully saturated rings. The molecular weight excluding hydrogens is 382 g/mol. The number of hydrogen-bond donors (Lipinski definition) is 2. The van der Waals surface area contributed by atoms with E-state index in [0.717, 1.165) is 6.07 Å². The Morgan fingerprint density at radius 2 is 1.97 bits per heavy atom. The minimum Gasteiger partial charge on any atom is -0.504 e. The Bertz CT molecular complexity index is 1060. The number of carbonyl (C=O) groups excluding carboxylic acids is 3. The van der Waals surface area contributed by atoms with Gasteiger partial charge >= 0.3 is 6.03 Å². The Kier molecular flexibility index (Phi) is 5.26.